The molecule has 0 aliphatic carbocycles. The van der Waals surface area contributed by atoms with Gasteiger partial charge in [0.25, 0.3) is 0 Å². The smallest absolute Gasteiger partial charge is 0.363 e. The first-order valence-electron chi connectivity index (χ1n) is 5.41. The lowest BCUT2D eigenvalue weighted by molar-refractivity contribution is -0.385. The number of aryl methyl sites for hydroxylation is 2. The van der Waals surface area contributed by atoms with Crippen molar-refractivity contribution in [1.29, 1.82) is 0 Å². The molecule has 0 bridgehead atoms. The first kappa shape index (κ1) is 13.1. The summed E-state index contributed by atoms with van der Waals surface area (Å²) in [6.45, 7) is 5.68. The maximum absolute atomic E-state index is 11.7. The maximum atomic E-state index is 11.7. The van der Waals surface area contributed by atoms with Gasteiger partial charge in [0.15, 0.2) is 0 Å². The number of aromatic nitrogens is 2. The van der Waals surface area contributed by atoms with E-state index in [2.05, 4.69) is 5.10 Å². The zero-order chi connectivity index (χ0) is 13.0. The molecule has 0 saturated heterocycles. The molecule has 1 heterocycles. The molecule has 0 unspecified atom stereocenters. The highest BCUT2D eigenvalue weighted by atomic mass is 16.6. The largest absolute Gasteiger partial charge is 0.461 e. The molecule has 0 fully saturated rings. The van der Waals surface area contributed by atoms with Crippen LogP contribution in [0.1, 0.15) is 36.5 Å². The molecule has 0 amide bonds. The van der Waals surface area contributed by atoms with E-state index in [1.807, 2.05) is 6.92 Å². The summed E-state index contributed by atoms with van der Waals surface area (Å²) in [5.41, 5.74) is -0.111. The lowest BCUT2D eigenvalue weighted by atomic mass is 10.3. The van der Waals surface area contributed by atoms with E-state index in [9.17, 15) is 14.9 Å². The highest BCUT2D eigenvalue weighted by Crippen LogP contribution is 2.23. The van der Waals surface area contributed by atoms with Crippen LogP contribution in [-0.4, -0.2) is 27.3 Å². The molecule has 94 valence electrons. The van der Waals surface area contributed by atoms with Crippen LogP contribution in [-0.2, 0) is 11.3 Å². The summed E-state index contributed by atoms with van der Waals surface area (Å²) in [6, 6.07) is 0. The standard InChI is InChI=1S/C10H15N3O4/c1-4-6-12-9(10(14)17-5-2)8(13(15)16)7(3)11-12/h4-6H2,1-3H3. The van der Waals surface area contributed by atoms with Gasteiger partial charge in [-0.15, -0.1) is 0 Å². The molecule has 0 spiro atoms. The lowest BCUT2D eigenvalue weighted by Crippen LogP contribution is -2.14. The Morgan fingerprint density at radius 2 is 2.18 bits per heavy atom. The van der Waals surface area contributed by atoms with Crippen LogP contribution >= 0.6 is 0 Å². The summed E-state index contributed by atoms with van der Waals surface area (Å²) in [5, 5.41) is 14.9. The van der Waals surface area contributed by atoms with Crippen molar-refractivity contribution >= 4 is 11.7 Å². The van der Waals surface area contributed by atoms with Crippen molar-refractivity contribution in [2.75, 3.05) is 6.61 Å². The van der Waals surface area contributed by atoms with Crippen molar-refractivity contribution in [1.82, 2.24) is 9.78 Å². The molecule has 0 atom stereocenters. The Hall–Kier alpha value is -1.92. The number of hydrogen-bond donors (Lipinski definition) is 0. The van der Waals surface area contributed by atoms with Crippen LogP contribution < -0.4 is 0 Å². The fraction of sp³-hybridized carbons (Fsp3) is 0.600. The van der Waals surface area contributed by atoms with Gasteiger partial charge in [0.2, 0.25) is 5.69 Å². The number of nitro groups is 1. The van der Waals surface area contributed by atoms with E-state index in [0.29, 0.717) is 6.54 Å². The van der Waals surface area contributed by atoms with E-state index in [4.69, 9.17) is 4.74 Å². The second-order valence-electron chi connectivity index (χ2n) is 3.48. The molecule has 7 heteroatoms. The number of rotatable bonds is 5. The van der Waals surface area contributed by atoms with E-state index in [1.54, 1.807) is 6.92 Å². The first-order chi connectivity index (χ1) is 8.02. The molecular formula is C10H15N3O4. The molecule has 7 nitrogen and oxygen atoms in total. The Balaban J connectivity index is 3.29. The van der Waals surface area contributed by atoms with Gasteiger partial charge in [-0.2, -0.15) is 5.10 Å². The second kappa shape index (κ2) is 5.42. The third-order valence-corrected chi connectivity index (χ3v) is 2.18. The van der Waals surface area contributed by atoms with Crippen molar-refractivity contribution in [2.45, 2.75) is 33.7 Å². The molecule has 0 aliphatic heterocycles. The molecule has 1 aromatic heterocycles. The lowest BCUT2D eigenvalue weighted by Gasteiger charge is -2.04. The predicted molar refractivity (Wildman–Crippen MR) is 59.9 cm³/mol. The maximum Gasteiger partial charge on any atom is 0.363 e. The van der Waals surface area contributed by atoms with E-state index >= 15 is 0 Å². The third-order valence-electron chi connectivity index (χ3n) is 2.18. The van der Waals surface area contributed by atoms with Crippen LogP contribution in [0.5, 0.6) is 0 Å². The van der Waals surface area contributed by atoms with Crippen LogP contribution in [0, 0.1) is 17.0 Å². The number of ether oxygens (including phenoxy) is 1. The Kier molecular flexibility index (Phi) is 4.19. The topological polar surface area (TPSA) is 87.3 Å². The third kappa shape index (κ3) is 2.61. The van der Waals surface area contributed by atoms with Crippen molar-refractivity contribution in [2.24, 2.45) is 0 Å². The van der Waals surface area contributed by atoms with Crippen LogP contribution in [0.3, 0.4) is 0 Å². The number of hydrogen-bond acceptors (Lipinski definition) is 5. The van der Waals surface area contributed by atoms with Crippen molar-refractivity contribution in [3.05, 3.63) is 21.5 Å². The van der Waals surface area contributed by atoms with Gasteiger partial charge in [-0.1, -0.05) is 6.92 Å². The van der Waals surface area contributed by atoms with Crippen LogP contribution in [0.4, 0.5) is 5.69 Å². The Bertz CT molecular complexity index is 439. The van der Waals surface area contributed by atoms with Crippen molar-refractivity contribution in [3.8, 4) is 0 Å². The summed E-state index contributed by atoms with van der Waals surface area (Å²) in [4.78, 5) is 22.0. The number of carbonyl (C=O) groups excluding carboxylic acids is 1. The minimum Gasteiger partial charge on any atom is -0.461 e. The summed E-state index contributed by atoms with van der Waals surface area (Å²) >= 11 is 0. The minimum absolute atomic E-state index is 0.0730. The number of nitrogens with zero attached hydrogens (tertiary/aromatic N) is 3. The summed E-state index contributed by atoms with van der Waals surface area (Å²) in [5.74, 6) is -0.701. The predicted octanol–water partition coefficient (Wildman–Crippen LogP) is 1.69. The normalized spacial score (nSPS) is 10.3. The van der Waals surface area contributed by atoms with E-state index in [0.717, 1.165) is 6.42 Å². The second-order valence-corrected chi connectivity index (χ2v) is 3.48. The Morgan fingerprint density at radius 1 is 1.53 bits per heavy atom. The van der Waals surface area contributed by atoms with E-state index in [1.165, 1.54) is 11.6 Å². The quantitative estimate of drug-likeness (QED) is 0.444. The molecule has 1 rings (SSSR count). The fourth-order valence-corrected chi connectivity index (χ4v) is 1.57. The van der Waals surface area contributed by atoms with Crippen LogP contribution in [0.15, 0.2) is 0 Å². The van der Waals surface area contributed by atoms with Gasteiger partial charge in [0.1, 0.15) is 5.69 Å². The van der Waals surface area contributed by atoms with Gasteiger partial charge in [-0.05, 0) is 20.3 Å². The highest BCUT2D eigenvalue weighted by Gasteiger charge is 2.31. The molecule has 1 aromatic rings. The Labute approximate surface area is 98.5 Å². The Morgan fingerprint density at radius 3 is 2.65 bits per heavy atom. The molecule has 0 radical (unpaired) electrons. The fourth-order valence-electron chi connectivity index (χ4n) is 1.57. The summed E-state index contributed by atoms with van der Waals surface area (Å²) < 4.78 is 6.15. The van der Waals surface area contributed by atoms with E-state index in [-0.39, 0.29) is 23.7 Å². The average molecular weight is 241 g/mol. The van der Waals surface area contributed by atoms with Gasteiger partial charge >= 0.3 is 11.7 Å². The first-order valence-corrected chi connectivity index (χ1v) is 5.41. The zero-order valence-electron chi connectivity index (χ0n) is 10.1. The van der Waals surface area contributed by atoms with Gasteiger partial charge < -0.3 is 4.74 Å². The summed E-state index contributed by atoms with van der Waals surface area (Å²) in [6.07, 6.45) is 0.727. The van der Waals surface area contributed by atoms with Gasteiger partial charge in [0, 0.05) is 6.54 Å². The summed E-state index contributed by atoms with van der Waals surface area (Å²) in [7, 11) is 0. The highest BCUT2D eigenvalue weighted by molar-refractivity contribution is 5.92. The SMILES string of the molecule is CCCn1nc(C)c([N+](=O)[O-])c1C(=O)OCC. The zero-order valence-corrected chi connectivity index (χ0v) is 10.1. The number of carbonyl (C=O) groups is 1. The number of esters is 1. The molecule has 0 saturated carbocycles. The average Bonchev–Trinajstić information content (AvgIpc) is 2.56. The van der Waals surface area contributed by atoms with Crippen molar-refractivity contribution < 1.29 is 14.5 Å². The van der Waals surface area contributed by atoms with Gasteiger partial charge in [-0.25, -0.2) is 4.79 Å². The molecular weight excluding hydrogens is 226 g/mol. The van der Waals surface area contributed by atoms with Gasteiger partial charge in [0.05, 0.1) is 11.5 Å². The van der Waals surface area contributed by atoms with Crippen LogP contribution in [0.25, 0.3) is 0 Å². The van der Waals surface area contributed by atoms with Gasteiger partial charge in [-0.3, -0.25) is 14.8 Å². The molecule has 0 N–H and O–H groups in total. The van der Waals surface area contributed by atoms with E-state index < -0.39 is 10.9 Å². The monoisotopic (exact) mass is 241 g/mol. The molecule has 0 aromatic carbocycles. The molecule has 17 heavy (non-hydrogen) atoms. The molecule has 0 aliphatic rings. The minimum atomic E-state index is -0.701. The van der Waals surface area contributed by atoms with Crippen LogP contribution in [0.2, 0.25) is 0 Å². The van der Waals surface area contributed by atoms with Crippen molar-refractivity contribution in [3.63, 3.8) is 0 Å².